The molecule has 0 saturated carbocycles. The average molecular weight is 314 g/mol. The summed E-state index contributed by atoms with van der Waals surface area (Å²) < 4.78 is 11.0. The number of benzene rings is 2. The summed E-state index contributed by atoms with van der Waals surface area (Å²) in [6, 6.07) is 16.7. The molecule has 1 unspecified atom stereocenters. The molecule has 0 aliphatic rings. The Morgan fingerprint density at radius 2 is 1.65 bits per heavy atom. The molecule has 1 amide bonds. The molecule has 0 heterocycles. The van der Waals surface area contributed by atoms with Crippen LogP contribution in [0.15, 0.2) is 54.6 Å². The molecule has 1 atom stereocenters. The number of carbonyl (C=O) groups is 1. The Balaban J connectivity index is 1.79. The van der Waals surface area contributed by atoms with E-state index >= 15 is 0 Å². The standard InChI is InChI=1S/C18H22N2O3/c1-2-22-16-10-6-7-11-17(16)23-13-18(21)20-12-15(19)14-8-4-3-5-9-14/h3-11,15H,2,12-13,19H2,1H3,(H,20,21). The van der Waals surface area contributed by atoms with Crippen molar-refractivity contribution in [2.45, 2.75) is 13.0 Å². The highest BCUT2D eigenvalue weighted by molar-refractivity contribution is 5.77. The summed E-state index contributed by atoms with van der Waals surface area (Å²) in [5, 5.41) is 2.77. The molecule has 5 heteroatoms. The number of nitrogens with one attached hydrogen (secondary N) is 1. The van der Waals surface area contributed by atoms with Gasteiger partial charge in [0.1, 0.15) is 0 Å². The van der Waals surface area contributed by atoms with Gasteiger partial charge >= 0.3 is 0 Å². The molecule has 5 nitrogen and oxygen atoms in total. The molecule has 2 aromatic carbocycles. The first kappa shape index (κ1) is 16.8. The van der Waals surface area contributed by atoms with Crippen LogP contribution in [0.5, 0.6) is 11.5 Å². The molecule has 2 rings (SSSR count). The van der Waals surface area contributed by atoms with Crippen molar-refractivity contribution in [2.24, 2.45) is 5.73 Å². The minimum absolute atomic E-state index is 0.0778. The van der Waals surface area contributed by atoms with Gasteiger partial charge < -0.3 is 20.5 Å². The molecule has 0 aliphatic heterocycles. The molecule has 0 radical (unpaired) electrons. The van der Waals surface area contributed by atoms with E-state index in [1.54, 1.807) is 6.07 Å². The SMILES string of the molecule is CCOc1ccccc1OCC(=O)NCC(N)c1ccccc1. The Hall–Kier alpha value is -2.53. The molecule has 0 spiro atoms. The van der Waals surface area contributed by atoms with Crippen LogP contribution < -0.4 is 20.5 Å². The van der Waals surface area contributed by atoms with Crippen molar-refractivity contribution in [3.63, 3.8) is 0 Å². The van der Waals surface area contributed by atoms with E-state index in [2.05, 4.69) is 5.32 Å². The van der Waals surface area contributed by atoms with E-state index in [0.29, 0.717) is 24.7 Å². The van der Waals surface area contributed by atoms with Gasteiger partial charge in [-0.2, -0.15) is 0 Å². The van der Waals surface area contributed by atoms with E-state index in [4.69, 9.17) is 15.2 Å². The molecule has 0 bridgehead atoms. The predicted octanol–water partition coefficient (Wildman–Crippen LogP) is 2.28. The van der Waals surface area contributed by atoms with Gasteiger partial charge in [0.15, 0.2) is 18.1 Å². The summed E-state index contributed by atoms with van der Waals surface area (Å²) in [6.45, 7) is 2.72. The van der Waals surface area contributed by atoms with Crippen LogP contribution >= 0.6 is 0 Å². The quantitative estimate of drug-likeness (QED) is 0.784. The van der Waals surface area contributed by atoms with Gasteiger partial charge in [-0.1, -0.05) is 42.5 Å². The molecule has 0 aromatic heterocycles. The number of nitrogens with two attached hydrogens (primary N) is 1. The van der Waals surface area contributed by atoms with E-state index in [1.807, 2.05) is 55.5 Å². The van der Waals surface area contributed by atoms with Crippen molar-refractivity contribution in [1.29, 1.82) is 0 Å². The molecule has 2 aromatic rings. The van der Waals surface area contributed by atoms with E-state index in [1.165, 1.54) is 0 Å². The van der Waals surface area contributed by atoms with Crippen molar-refractivity contribution in [3.05, 3.63) is 60.2 Å². The van der Waals surface area contributed by atoms with Gasteiger partial charge in [0.05, 0.1) is 6.61 Å². The number of ether oxygens (including phenoxy) is 2. The van der Waals surface area contributed by atoms with Crippen molar-refractivity contribution < 1.29 is 14.3 Å². The molecule has 23 heavy (non-hydrogen) atoms. The van der Waals surface area contributed by atoms with Crippen LogP contribution in [-0.4, -0.2) is 25.7 Å². The fraction of sp³-hybridized carbons (Fsp3) is 0.278. The number of amides is 1. The highest BCUT2D eigenvalue weighted by Gasteiger charge is 2.10. The summed E-state index contributed by atoms with van der Waals surface area (Å²) in [4.78, 5) is 11.9. The number of hydrogen-bond donors (Lipinski definition) is 2. The van der Waals surface area contributed by atoms with Crippen molar-refractivity contribution in [1.82, 2.24) is 5.32 Å². The zero-order valence-corrected chi connectivity index (χ0v) is 13.2. The van der Waals surface area contributed by atoms with Crippen molar-refractivity contribution >= 4 is 5.91 Å². The Bertz CT molecular complexity index is 617. The minimum Gasteiger partial charge on any atom is -0.490 e. The Morgan fingerprint density at radius 1 is 1.04 bits per heavy atom. The zero-order chi connectivity index (χ0) is 16.5. The highest BCUT2D eigenvalue weighted by atomic mass is 16.5. The third-order valence-electron chi connectivity index (χ3n) is 3.25. The van der Waals surface area contributed by atoms with Gasteiger partial charge in [0.25, 0.3) is 5.91 Å². The lowest BCUT2D eigenvalue weighted by Gasteiger charge is -2.14. The summed E-state index contributed by atoms with van der Waals surface area (Å²) >= 11 is 0. The molecular weight excluding hydrogens is 292 g/mol. The maximum absolute atomic E-state index is 11.9. The van der Waals surface area contributed by atoms with E-state index in [0.717, 1.165) is 5.56 Å². The van der Waals surface area contributed by atoms with Gasteiger partial charge in [0.2, 0.25) is 0 Å². The lowest BCUT2D eigenvalue weighted by atomic mass is 10.1. The highest BCUT2D eigenvalue weighted by Crippen LogP contribution is 2.26. The van der Waals surface area contributed by atoms with Crippen LogP contribution in [-0.2, 0) is 4.79 Å². The lowest BCUT2D eigenvalue weighted by molar-refractivity contribution is -0.123. The van der Waals surface area contributed by atoms with Gasteiger partial charge in [-0.25, -0.2) is 0 Å². The summed E-state index contributed by atoms with van der Waals surface area (Å²) in [7, 11) is 0. The third kappa shape index (κ3) is 5.30. The predicted molar refractivity (Wildman–Crippen MR) is 89.5 cm³/mol. The van der Waals surface area contributed by atoms with Crippen LogP contribution in [0.4, 0.5) is 0 Å². The van der Waals surface area contributed by atoms with Crippen LogP contribution in [0, 0.1) is 0 Å². The summed E-state index contributed by atoms with van der Waals surface area (Å²) in [5.41, 5.74) is 7.02. The number of rotatable bonds is 8. The van der Waals surface area contributed by atoms with Crippen molar-refractivity contribution in [3.8, 4) is 11.5 Å². The zero-order valence-electron chi connectivity index (χ0n) is 13.2. The molecule has 3 N–H and O–H groups in total. The first-order chi connectivity index (χ1) is 11.2. The van der Waals surface area contributed by atoms with Crippen LogP contribution in [0.25, 0.3) is 0 Å². The van der Waals surface area contributed by atoms with Crippen LogP contribution in [0.3, 0.4) is 0 Å². The number of carbonyl (C=O) groups excluding carboxylic acids is 1. The molecule has 0 saturated heterocycles. The van der Waals surface area contributed by atoms with Gasteiger partial charge in [-0.15, -0.1) is 0 Å². The topological polar surface area (TPSA) is 73.6 Å². The smallest absolute Gasteiger partial charge is 0.258 e. The van der Waals surface area contributed by atoms with Crippen molar-refractivity contribution in [2.75, 3.05) is 19.8 Å². The largest absolute Gasteiger partial charge is 0.490 e. The van der Waals surface area contributed by atoms with Gasteiger partial charge in [0, 0.05) is 12.6 Å². The first-order valence-corrected chi connectivity index (χ1v) is 7.62. The number of para-hydroxylation sites is 2. The van der Waals surface area contributed by atoms with E-state index in [-0.39, 0.29) is 18.6 Å². The third-order valence-corrected chi connectivity index (χ3v) is 3.25. The molecule has 0 fully saturated rings. The average Bonchev–Trinajstić information content (AvgIpc) is 2.60. The molecular formula is C18H22N2O3. The Kier molecular flexibility index (Phi) is 6.44. The monoisotopic (exact) mass is 314 g/mol. The minimum atomic E-state index is -0.240. The maximum Gasteiger partial charge on any atom is 0.258 e. The van der Waals surface area contributed by atoms with Gasteiger partial charge in [-0.3, -0.25) is 4.79 Å². The van der Waals surface area contributed by atoms with Gasteiger partial charge in [-0.05, 0) is 24.6 Å². The maximum atomic E-state index is 11.9. The van der Waals surface area contributed by atoms with Crippen LogP contribution in [0.1, 0.15) is 18.5 Å². The number of hydrogen-bond acceptors (Lipinski definition) is 4. The normalized spacial score (nSPS) is 11.6. The summed E-state index contributed by atoms with van der Waals surface area (Å²) in [5.74, 6) is 0.961. The fourth-order valence-electron chi connectivity index (χ4n) is 2.08. The van der Waals surface area contributed by atoms with Crippen LogP contribution in [0.2, 0.25) is 0 Å². The molecule has 122 valence electrons. The summed E-state index contributed by atoms with van der Waals surface area (Å²) in [6.07, 6.45) is 0. The Morgan fingerprint density at radius 3 is 2.30 bits per heavy atom. The fourth-order valence-corrected chi connectivity index (χ4v) is 2.08. The second kappa shape index (κ2) is 8.80. The second-order valence-electron chi connectivity index (χ2n) is 4.99. The first-order valence-electron chi connectivity index (χ1n) is 7.62. The second-order valence-corrected chi connectivity index (χ2v) is 4.99. The Labute approximate surface area is 136 Å². The lowest BCUT2D eigenvalue weighted by Crippen LogP contribution is -2.35. The molecule has 0 aliphatic carbocycles. The van der Waals surface area contributed by atoms with E-state index in [9.17, 15) is 4.79 Å². The van der Waals surface area contributed by atoms with E-state index < -0.39 is 0 Å².